The minimum atomic E-state index is -0.112. The first-order chi connectivity index (χ1) is 5.78. The summed E-state index contributed by atoms with van der Waals surface area (Å²) in [5.74, 6) is 0. The molecule has 0 bridgehead atoms. The highest BCUT2D eigenvalue weighted by molar-refractivity contribution is 5.71. The van der Waals surface area contributed by atoms with Gasteiger partial charge in [-0.05, 0) is 19.8 Å². The van der Waals surface area contributed by atoms with E-state index in [-0.39, 0.29) is 11.6 Å². The highest BCUT2D eigenvalue weighted by atomic mass is 16.6. The second-order valence-corrected chi connectivity index (χ2v) is 3.73. The summed E-state index contributed by atoms with van der Waals surface area (Å²) < 4.78 is 5.08. The van der Waals surface area contributed by atoms with Crippen LogP contribution in [0.2, 0.25) is 0 Å². The first-order valence-electron chi connectivity index (χ1n) is 4.73. The molecule has 2 rings (SSSR count). The van der Waals surface area contributed by atoms with Crippen LogP contribution in [0.1, 0.15) is 32.6 Å². The minimum Gasteiger partial charge on any atom is -0.447 e. The van der Waals surface area contributed by atoms with Gasteiger partial charge >= 0.3 is 6.09 Å². The largest absolute Gasteiger partial charge is 0.447 e. The van der Waals surface area contributed by atoms with E-state index in [4.69, 9.17) is 4.74 Å². The molecule has 2 aliphatic rings. The molecule has 0 aromatic rings. The molecule has 3 heteroatoms. The molecule has 1 amide bonds. The van der Waals surface area contributed by atoms with Crippen LogP contribution in [0.3, 0.4) is 0 Å². The average Bonchev–Trinajstić information content (AvgIpc) is 2.63. The van der Waals surface area contributed by atoms with E-state index in [0.29, 0.717) is 6.61 Å². The summed E-state index contributed by atoms with van der Waals surface area (Å²) in [7, 11) is 0. The fraction of sp³-hybridized carbons (Fsp3) is 0.889. The summed E-state index contributed by atoms with van der Waals surface area (Å²) in [5, 5.41) is 0. The normalized spacial score (nSPS) is 26.8. The number of cyclic esters (lactones) is 1. The number of nitrogens with zero attached hydrogens (tertiary/aromatic N) is 1. The van der Waals surface area contributed by atoms with Crippen molar-refractivity contribution in [3.63, 3.8) is 0 Å². The maximum Gasteiger partial charge on any atom is 0.410 e. The van der Waals surface area contributed by atoms with Crippen molar-refractivity contribution in [1.29, 1.82) is 0 Å². The number of carbonyl (C=O) groups excluding carboxylic acids is 1. The van der Waals surface area contributed by atoms with Crippen LogP contribution in [0.25, 0.3) is 0 Å². The fourth-order valence-electron chi connectivity index (χ4n) is 2.46. The van der Waals surface area contributed by atoms with Gasteiger partial charge in [-0.1, -0.05) is 12.8 Å². The van der Waals surface area contributed by atoms with Crippen LogP contribution >= 0.6 is 0 Å². The molecule has 1 aliphatic heterocycles. The van der Waals surface area contributed by atoms with Gasteiger partial charge in [0.25, 0.3) is 0 Å². The monoisotopic (exact) mass is 169 g/mol. The van der Waals surface area contributed by atoms with Crippen molar-refractivity contribution < 1.29 is 9.53 Å². The lowest BCUT2D eigenvalue weighted by Gasteiger charge is -2.30. The first kappa shape index (κ1) is 7.90. The number of hydrogen-bond acceptors (Lipinski definition) is 2. The Morgan fingerprint density at radius 2 is 2.17 bits per heavy atom. The van der Waals surface area contributed by atoms with Gasteiger partial charge < -0.3 is 4.74 Å². The Morgan fingerprint density at radius 1 is 1.50 bits per heavy atom. The zero-order valence-electron chi connectivity index (χ0n) is 7.51. The number of rotatable bonds is 1. The van der Waals surface area contributed by atoms with Gasteiger partial charge in [-0.15, -0.1) is 0 Å². The maximum atomic E-state index is 11.3. The van der Waals surface area contributed by atoms with Gasteiger partial charge in [0.15, 0.2) is 0 Å². The molecule has 3 nitrogen and oxygen atoms in total. The molecule has 2 fully saturated rings. The molecule has 1 spiro atoms. The first-order valence-corrected chi connectivity index (χ1v) is 4.73. The van der Waals surface area contributed by atoms with Crippen molar-refractivity contribution in [1.82, 2.24) is 4.90 Å². The Kier molecular flexibility index (Phi) is 1.74. The van der Waals surface area contributed by atoms with E-state index < -0.39 is 0 Å². The van der Waals surface area contributed by atoms with Crippen LogP contribution in [0.4, 0.5) is 4.79 Å². The minimum absolute atomic E-state index is 0.0891. The van der Waals surface area contributed by atoms with Crippen molar-refractivity contribution in [3.05, 3.63) is 0 Å². The molecule has 1 saturated carbocycles. The van der Waals surface area contributed by atoms with E-state index in [0.717, 1.165) is 19.4 Å². The predicted molar refractivity (Wildman–Crippen MR) is 44.9 cm³/mol. The predicted octanol–water partition coefficient (Wildman–Crippen LogP) is 1.77. The van der Waals surface area contributed by atoms with Crippen molar-refractivity contribution in [2.24, 2.45) is 0 Å². The second kappa shape index (κ2) is 2.64. The van der Waals surface area contributed by atoms with Gasteiger partial charge in [-0.2, -0.15) is 0 Å². The Hall–Kier alpha value is -0.730. The number of hydrogen-bond donors (Lipinski definition) is 0. The highest BCUT2D eigenvalue weighted by Gasteiger charge is 2.47. The lowest BCUT2D eigenvalue weighted by atomic mass is 9.98. The summed E-state index contributed by atoms with van der Waals surface area (Å²) in [5.41, 5.74) is 0.0891. The molecule has 1 saturated heterocycles. The maximum absolute atomic E-state index is 11.3. The lowest BCUT2D eigenvalue weighted by molar-refractivity contribution is 0.154. The third-order valence-corrected chi connectivity index (χ3v) is 3.11. The Bertz CT molecular complexity index is 197. The molecule has 68 valence electrons. The number of ether oxygens (including phenoxy) is 1. The zero-order chi connectivity index (χ0) is 8.60. The van der Waals surface area contributed by atoms with Crippen molar-refractivity contribution in [2.45, 2.75) is 38.1 Å². The topological polar surface area (TPSA) is 29.5 Å². The average molecular weight is 169 g/mol. The summed E-state index contributed by atoms with van der Waals surface area (Å²) in [6.07, 6.45) is 4.64. The van der Waals surface area contributed by atoms with E-state index in [1.807, 2.05) is 11.8 Å². The van der Waals surface area contributed by atoms with Crippen LogP contribution in [-0.2, 0) is 4.74 Å². The van der Waals surface area contributed by atoms with Crippen molar-refractivity contribution in [2.75, 3.05) is 13.2 Å². The van der Waals surface area contributed by atoms with E-state index in [9.17, 15) is 4.79 Å². The summed E-state index contributed by atoms with van der Waals surface area (Å²) in [6, 6.07) is 0. The molecular formula is C9H15NO2. The molecule has 1 heterocycles. The number of likely N-dealkylation sites (N-methyl/N-ethyl adjacent to an activating group) is 1. The molecule has 1 aliphatic carbocycles. The Morgan fingerprint density at radius 3 is 2.75 bits per heavy atom. The van der Waals surface area contributed by atoms with Crippen LogP contribution in [-0.4, -0.2) is 29.7 Å². The lowest BCUT2D eigenvalue weighted by Crippen LogP contribution is -2.44. The van der Waals surface area contributed by atoms with E-state index in [2.05, 4.69) is 0 Å². The van der Waals surface area contributed by atoms with Crippen molar-refractivity contribution >= 4 is 6.09 Å². The molecule has 12 heavy (non-hydrogen) atoms. The molecule has 0 radical (unpaired) electrons. The molecular weight excluding hydrogens is 154 g/mol. The van der Waals surface area contributed by atoms with Gasteiger partial charge in [0.2, 0.25) is 0 Å². The van der Waals surface area contributed by atoms with E-state index in [1.54, 1.807) is 0 Å². The van der Waals surface area contributed by atoms with E-state index in [1.165, 1.54) is 12.8 Å². The third kappa shape index (κ3) is 0.919. The van der Waals surface area contributed by atoms with Gasteiger partial charge in [0.1, 0.15) is 6.61 Å². The molecule has 0 unspecified atom stereocenters. The van der Waals surface area contributed by atoms with Gasteiger partial charge in [-0.25, -0.2) is 4.79 Å². The van der Waals surface area contributed by atoms with Crippen LogP contribution in [0, 0.1) is 0 Å². The van der Waals surface area contributed by atoms with Gasteiger partial charge in [0.05, 0.1) is 5.54 Å². The SMILES string of the molecule is CCN1C(=O)OCC12CCCC2. The summed E-state index contributed by atoms with van der Waals surface area (Å²) in [6.45, 7) is 3.44. The number of amides is 1. The summed E-state index contributed by atoms with van der Waals surface area (Å²) in [4.78, 5) is 13.2. The van der Waals surface area contributed by atoms with Crippen LogP contribution < -0.4 is 0 Å². The quantitative estimate of drug-likeness (QED) is 0.598. The zero-order valence-corrected chi connectivity index (χ0v) is 7.51. The van der Waals surface area contributed by atoms with Gasteiger partial charge in [-0.3, -0.25) is 4.90 Å². The second-order valence-electron chi connectivity index (χ2n) is 3.73. The van der Waals surface area contributed by atoms with E-state index >= 15 is 0 Å². The smallest absolute Gasteiger partial charge is 0.410 e. The number of carbonyl (C=O) groups is 1. The van der Waals surface area contributed by atoms with Crippen LogP contribution in [0.15, 0.2) is 0 Å². The highest BCUT2D eigenvalue weighted by Crippen LogP contribution is 2.39. The van der Waals surface area contributed by atoms with Crippen molar-refractivity contribution in [3.8, 4) is 0 Å². The molecule has 0 aromatic carbocycles. The third-order valence-electron chi connectivity index (χ3n) is 3.11. The molecule has 0 N–H and O–H groups in total. The summed E-state index contributed by atoms with van der Waals surface area (Å²) >= 11 is 0. The Labute approximate surface area is 72.7 Å². The van der Waals surface area contributed by atoms with Gasteiger partial charge in [0, 0.05) is 6.54 Å². The Balaban J connectivity index is 2.19. The fourth-order valence-corrected chi connectivity index (χ4v) is 2.46. The standard InChI is InChI=1S/C9H15NO2/c1-2-10-8(11)12-7-9(10)5-3-4-6-9/h2-7H2,1H3. The molecule has 0 atom stereocenters. The van der Waals surface area contributed by atoms with Crippen LogP contribution in [0.5, 0.6) is 0 Å². The molecule has 0 aromatic heterocycles.